The Morgan fingerprint density at radius 2 is 1.76 bits per heavy atom. The Labute approximate surface area is 276 Å². The van der Waals surface area contributed by atoms with Crippen LogP contribution in [0.3, 0.4) is 0 Å². The van der Waals surface area contributed by atoms with E-state index >= 15 is 0 Å². The van der Waals surface area contributed by atoms with Gasteiger partial charge in [0.15, 0.2) is 5.82 Å². The van der Waals surface area contributed by atoms with Crippen molar-refractivity contribution >= 4 is 46.5 Å². The molecule has 10 heteroatoms. The summed E-state index contributed by atoms with van der Waals surface area (Å²) >= 11 is 0. The van der Waals surface area contributed by atoms with Crippen LogP contribution in [0.25, 0.3) is 22.3 Å². The average molecular weight is 644 g/mol. The van der Waals surface area contributed by atoms with Crippen LogP contribution in [-0.2, 0) is 10.2 Å². The van der Waals surface area contributed by atoms with Crippen LogP contribution in [0.5, 0.6) is 0 Å². The molecule has 1 amide bonds. The summed E-state index contributed by atoms with van der Waals surface area (Å²) in [6, 6.07) is 16.1. The lowest BCUT2D eigenvalue weighted by molar-refractivity contribution is -0.125. The first kappa shape index (κ1) is 31.1. The molecule has 2 aromatic heterocycles. The number of carbonyl (C=O) groups is 1. The highest BCUT2D eigenvalue weighted by atomic mass is 35.5. The third-order valence-corrected chi connectivity index (χ3v) is 10.7. The summed E-state index contributed by atoms with van der Waals surface area (Å²) in [5.74, 6) is 0.500. The number of anilines is 3. The molecule has 2 N–H and O–H groups in total. The molecule has 2 saturated heterocycles. The zero-order valence-corrected chi connectivity index (χ0v) is 27.5. The highest BCUT2D eigenvalue weighted by Gasteiger charge is 2.54. The Morgan fingerprint density at radius 3 is 2.50 bits per heavy atom. The van der Waals surface area contributed by atoms with Crippen molar-refractivity contribution in [3.63, 3.8) is 0 Å². The van der Waals surface area contributed by atoms with E-state index in [2.05, 4.69) is 57.0 Å². The summed E-state index contributed by atoms with van der Waals surface area (Å²) in [4.78, 5) is 29.1. The van der Waals surface area contributed by atoms with Gasteiger partial charge in [0, 0.05) is 29.4 Å². The number of nitrogens with zero attached hydrogens (tertiary/aromatic N) is 5. The number of fused-ring (bicyclic) bond motifs is 3. The number of hydrogen-bond donors (Lipinski definition) is 2. The molecule has 5 heterocycles. The van der Waals surface area contributed by atoms with Crippen LogP contribution >= 0.6 is 12.4 Å². The average Bonchev–Trinajstić information content (AvgIpc) is 3.57. The van der Waals surface area contributed by atoms with Crippen molar-refractivity contribution in [2.24, 2.45) is 0 Å². The van der Waals surface area contributed by atoms with Crippen molar-refractivity contribution in [3.05, 3.63) is 66.2 Å². The van der Waals surface area contributed by atoms with E-state index < -0.39 is 5.41 Å². The summed E-state index contributed by atoms with van der Waals surface area (Å²) in [5.41, 5.74) is 5.42. The summed E-state index contributed by atoms with van der Waals surface area (Å²) < 4.78 is 16.9. The minimum atomic E-state index is -0.458. The van der Waals surface area contributed by atoms with Crippen LogP contribution in [0.4, 0.5) is 21.6 Å². The predicted molar refractivity (Wildman–Crippen MR) is 184 cm³/mol. The number of pyridine rings is 1. The second kappa shape index (κ2) is 12.2. The second-order valence-electron chi connectivity index (χ2n) is 13.7. The van der Waals surface area contributed by atoms with Crippen molar-refractivity contribution in [2.45, 2.75) is 82.3 Å². The fourth-order valence-electron chi connectivity index (χ4n) is 8.18. The van der Waals surface area contributed by atoms with Crippen molar-refractivity contribution in [3.8, 4) is 11.3 Å². The van der Waals surface area contributed by atoms with E-state index in [1.54, 1.807) is 12.1 Å². The molecular formula is C36H43ClFN7O. The van der Waals surface area contributed by atoms with E-state index in [1.165, 1.54) is 38.4 Å². The summed E-state index contributed by atoms with van der Waals surface area (Å²) in [6.45, 7) is 8.27. The maximum Gasteiger partial charge on any atom is 0.238 e. The fourth-order valence-corrected chi connectivity index (χ4v) is 8.18. The van der Waals surface area contributed by atoms with E-state index in [0.29, 0.717) is 17.5 Å². The zero-order valence-electron chi connectivity index (χ0n) is 26.6. The Hall–Kier alpha value is -3.53. The summed E-state index contributed by atoms with van der Waals surface area (Å²) in [5, 5.41) is 6.74. The van der Waals surface area contributed by atoms with Gasteiger partial charge in [0.1, 0.15) is 11.3 Å². The molecule has 0 bridgehead atoms. The molecule has 1 aliphatic carbocycles. The molecule has 1 saturated carbocycles. The van der Waals surface area contributed by atoms with Gasteiger partial charge in [-0.15, -0.1) is 12.4 Å². The number of hydrogen-bond acceptors (Lipinski definition) is 6. The van der Waals surface area contributed by atoms with Crippen LogP contribution in [-0.4, -0.2) is 63.6 Å². The third kappa shape index (κ3) is 5.07. The van der Waals surface area contributed by atoms with Crippen molar-refractivity contribution < 1.29 is 9.18 Å². The molecule has 8 nitrogen and oxygen atoms in total. The van der Waals surface area contributed by atoms with Gasteiger partial charge in [-0.2, -0.15) is 0 Å². The monoisotopic (exact) mass is 643 g/mol. The fraction of sp³-hybridized carbons (Fsp3) is 0.472. The number of likely N-dealkylation sites (tertiary alicyclic amines) is 1. The Bertz CT molecular complexity index is 1750. The van der Waals surface area contributed by atoms with E-state index in [9.17, 15) is 9.18 Å². The summed E-state index contributed by atoms with van der Waals surface area (Å²) in [7, 11) is 0. The highest BCUT2D eigenvalue weighted by molar-refractivity contribution is 6.09. The molecule has 3 aliphatic heterocycles. The number of benzene rings is 2. The lowest BCUT2D eigenvalue weighted by Gasteiger charge is -2.48. The number of piperidine rings is 2. The first-order chi connectivity index (χ1) is 21.9. The number of carbonyl (C=O) groups excluding carboxylic acids is 1. The van der Waals surface area contributed by atoms with Crippen LogP contribution in [0.15, 0.2) is 54.9 Å². The van der Waals surface area contributed by atoms with E-state index in [-0.39, 0.29) is 36.2 Å². The van der Waals surface area contributed by atoms with Crippen LogP contribution in [0, 0.1) is 5.82 Å². The Morgan fingerprint density at radius 1 is 1.00 bits per heavy atom. The molecule has 4 aliphatic rings. The van der Waals surface area contributed by atoms with Gasteiger partial charge in [-0.1, -0.05) is 30.7 Å². The topological polar surface area (TPSA) is 78.3 Å². The molecule has 0 unspecified atom stereocenters. The number of nitrogens with one attached hydrogen (secondary N) is 2. The number of rotatable bonds is 6. The van der Waals surface area contributed by atoms with Crippen LogP contribution in [0.1, 0.15) is 70.4 Å². The number of para-hydroxylation sites is 1. The van der Waals surface area contributed by atoms with Crippen molar-refractivity contribution in [2.75, 3.05) is 36.4 Å². The van der Waals surface area contributed by atoms with Gasteiger partial charge in [-0.25, -0.2) is 14.4 Å². The molecule has 8 rings (SSSR count). The maximum atomic E-state index is 14.8. The molecule has 46 heavy (non-hydrogen) atoms. The Kier molecular flexibility index (Phi) is 8.28. The molecular weight excluding hydrogens is 601 g/mol. The van der Waals surface area contributed by atoms with Gasteiger partial charge in [0.25, 0.3) is 0 Å². The molecule has 1 spiro atoms. The maximum absolute atomic E-state index is 14.8. The standard InChI is InChI=1S/C36H42FN7O.ClH/c1-23(2)43-22-39-31-21-30(41-34(33(31)43)40-29-9-5-4-8-28(29)37)24-10-11-27-32(18-24)44(35(45)36(27)12-14-38-15-13-36)26-19-25(20-26)42-16-6-3-7-17-42;/h4-5,8-11,18,21-23,25-26,38H,3,6-7,12-17,19-20H2,1-2H3,(H,40,41);1H. The van der Waals surface area contributed by atoms with Gasteiger partial charge in [-0.3, -0.25) is 4.79 Å². The first-order valence-corrected chi connectivity index (χ1v) is 16.8. The second-order valence-corrected chi connectivity index (χ2v) is 13.7. The number of amides is 1. The highest BCUT2D eigenvalue weighted by Crippen LogP contribution is 2.51. The number of imidazole rings is 1. The van der Waals surface area contributed by atoms with Gasteiger partial charge in [0.05, 0.1) is 28.6 Å². The van der Waals surface area contributed by atoms with Crippen molar-refractivity contribution in [1.29, 1.82) is 0 Å². The SMILES string of the molecule is CC(C)n1cnc2cc(-c3ccc4c(c3)N(C3CC(N5CCCCC5)C3)C(=O)C43CCNCC3)nc(Nc3ccccc3F)c21.Cl. The molecule has 242 valence electrons. The largest absolute Gasteiger partial charge is 0.336 e. The van der Waals surface area contributed by atoms with Crippen molar-refractivity contribution in [1.82, 2.24) is 24.8 Å². The molecule has 2 aromatic carbocycles. The predicted octanol–water partition coefficient (Wildman–Crippen LogP) is 6.97. The van der Waals surface area contributed by atoms with E-state index in [1.807, 2.05) is 18.5 Å². The number of halogens is 2. The van der Waals surface area contributed by atoms with Crippen LogP contribution in [0.2, 0.25) is 0 Å². The van der Waals surface area contributed by atoms with E-state index in [4.69, 9.17) is 9.97 Å². The minimum absolute atomic E-state index is 0. The normalized spacial score (nSPS) is 22.6. The smallest absolute Gasteiger partial charge is 0.238 e. The third-order valence-electron chi connectivity index (χ3n) is 10.7. The van der Waals surface area contributed by atoms with Gasteiger partial charge < -0.3 is 25.0 Å². The zero-order chi connectivity index (χ0) is 30.7. The molecule has 0 atom stereocenters. The summed E-state index contributed by atoms with van der Waals surface area (Å²) in [6.07, 6.45) is 9.45. The number of aromatic nitrogens is 3. The molecule has 3 fully saturated rings. The molecule has 0 radical (unpaired) electrons. The molecule has 4 aromatic rings. The minimum Gasteiger partial charge on any atom is -0.336 e. The lowest BCUT2D eigenvalue weighted by atomic mass is 9.74. The van der Waals surface area contributed by atoms with Crippen LogP contribution < -0.4 is 15.5 Å². The lowest BCUT2D eigenvalue weighted by Crippen LogP contribution is -2.58. The van der Waals surface area contributed by atoms with E-state index in [0.717, 1.165) is 72.3 Å². The van der Waals surface area contributed by atoms with Gasteiger partial charge in [0.2, 0.25) is 5.91 Å². The quantitative estimate of drug-likeness (QED) is 0.236. The first-order valence-electron chi connectivity index (χ1n) is 16.8. The van der Waals surface area contributed by atoms with Gasteiger partial charge in [-0.05, 0) is 108 Å². The van der Waals surface area contributed by atoms with Gasteiger partial charge >= 0.3 is 0 Å². The Balaban J connectivity index is 0.00000338.